The van der Waals surface area contributed by atoms with Crippen LogP contribution in [0.5, 0.6) is 0 Å². The Bertz CT molecular complexity index is 775. The number of carbonyl (C=O) groups is 1. The predicted molar refractivity (Wildman–Crippen MR) is 79.6 cm³/mol. The minimum absolute atomic E-state index is 0.257. The molecule has 0 fully saturated rings. The van der Waals surface area contributed by atoms with Crippen LogP contribution in [0.3, 0.4) is 0 Å². The second-order valence-electron chi connectivity index (χ2n) is 4.42. The fourth-order valence-electron chi connectivity index (χ4n) is 1.93. The third-order valence-corrected chi connectivity index (χ3v) is 3.19. The highest BCUT2D eigenvalue weighted by Gasteiger charge is 2.14. The number of nitrogens with zero attached hydrogens (tertiary/aromatic N) is 5. The molecule has 7 nitrogen and oxygen atoms in total. The lowest BCUT2D eigenvalue weighted by Gasteiger charge is -2.09. The lowest BCUT2D eigenvalue weighted by molar-refractivity contribution is 0.0950. The minimum Gasteiger partial charge on any atom is -0.346 e. The van der Waals surface area contributed by atoms with Crippen molar-refractivity contribution in [2.45, 2.75) is 6.54 Å². The number of rotatable bonds is 4. The second kappa shape index (κ2) is 6.31. The van der Waals surface area contributed by atoms with Gasteiger partial charge >= 0.3 is 0 Å². The number of pyridine rings is 1. The summed E-state index contributed by atoms with van der Waals surface area (Å²) in [4.78, 5) is 16.5. The van der Waals surface area contributed by atoms with Crippen LogP contribution in [-0.4, -0.2) is 31.1 Å². The van der Waals surface area contributed by atoms with E-state index >= 15 is 0 Å². The summed E-state index contributed by atoms with van der Waals surface area (Å²) in [6.45, 7) is 0.331. The Labute approximate surface area is 130 Å². The molecule has 2 heterocycles. The van der Waals surface area contributed by atoms with Gasteiger partial charge in [0.05, 0.1) is 23.5 Å². The molecule has 0 bridgehead atoms. The molecule has 0 atom stereocenters. The van der Waals surface area contributed by atoms with Gasteiger partial charge in [0.2, 0.25) is 0 Å². The number of aromatic nitrogens is 5. The standard InChI is InChI=1S/C14H11ClN6O/c15-10-4-5-12(13(7-10)21-9-18-19-20-21)14(22)17-8-11-3-1-2-6-16-11/h1-7,9H,8H2,(H,17,22). The average Bonchev–Trinajstić information content (AvgIpc) is 3.08. The van der Waals surface area contributed by atoms with Gasteiger partial charge in [-0.1, -0.05) is 17.7 Å². The van der Waals surface area contributed by atoms with Crippen molar-refractivity contribution in [2.75, 3.05) is 0 Å². The van der Waals surface area contributed by atoms with Crippen molar-refractivity contribution in [2.24, 2.45) is 0 Å². The molecule has 1 amide bonds. The Morgan fingerprint density at radius 3 is 2.91 bits per heavy atom. The Morgan fingerprint density at radius 1 is 1.27 bits per heavy atom. The molecule has 1 aromatic carbocycles. The molecule has 0 aliphatic heterocycles. The number of halogens is 1. The van der Waals surface area contributed by atoms with Crippen LogP contribution in [0.15, 0.2) is 48.9 Å². The summed E-state index contributed by atoms with van der Waals surface area (Å²) < 4.78 is 1.39. The van der Waals surface area contributed by atoms with Gasteiger partial charge in [-0.3, -0.25) is 9.78 Å². The quantitative estimate of drug-likeness (QED) is 0.791. The lowest BCUT2D eigenvalue weighted by Crippen LogP contribution is -2.24. The molecule has 3 aromatic rings. The van der Waals surface area contributed by atoms with Crippen molar-refractivity contribution < 1.29 is 4.79 Å². The fraction of sp³-hybridized carbons (Fsp3) is 0.0714. The number of carbonyl (C=O) groups excluding carboxylic acids is 1. The van der Waals surface area contributed by atoms with Gasteiger partial charge in [-0.15, -0.1) is 5.10 Å². The second-order valence-corrected chi connectivity index (χ2v) is 4.86. The molecule has 2 aromatic heterocycles. The number of amides is 1. The van der Waals surface area contributed by atoms with Gasteiger partial charge in [-0.2, -0.15) is 4.68 Å². The zero-order valence-corrected chi connectivity index (χ0v) is 12.1. The van der Waals surface area contributed by atoms with Crippen LogP contribution in [0.25, 0.3) is 5.69 Å². The monoisotopic (exact) mass is 314 g/mol. The van der Waals surface area contributed by atoms with Crippen LogP contribution < -0.4 is 5.32 Å². The first kappa shape index (κ1) is 14.2. The Hall–Kier alpha value is -2.80. The Morgan fingerprint density at radius 2 is 2.18 bits per heavy atom. The number of benzene rings is 1. The molecule has 1 N–H and O–H groups in total. The van der Waals surface area contributed by atoms with Crippen LogP contribution in [0, 0.1) is 0 Å². The van der Waals surface area contributed by atoms with Crippen molar-refractivity contribution in [3.63, 3.8) is 0 Å². The first-order valence-corrected chi connectivity index (χ1v) is 6.83. The summed E-state index contributed by atoms with van der Waals surface area (Å²) in [5.41, 5.74) is 1.71. The molecule has 0 spiro atoms. The maximum Gasteiger partial charge on any atom is 0.253 e. The Kier molecular flexibility index (Phi) is 4.06. The van der Waals surface area contributed by atoms with E-state index in [9.17, 15) is 4.79 Å². The SMILES string of the molecule is O=C(NCc1ccccn1)c1ccc(Cl)cc1-n1cnnn1. The van der Waals surface area contributed by atoms with E-state index in [2.05, 4.69) is 25.8 Å². The van der Waals surface area contributed by atoms with E-state index in [4.69, 9.17) is 11.6 Å². The molecular weight excluding hydrogens is 304 g/mol. The van der Waals surface area contributed by atoms with Gasteiger partial charge in [0.25, 0.3) is 5.91 Å². The zero-order chi connectivity index (χ0) is 15.4. The van der Waals surface area contributed by atoms with Crippen LogP contribution >= 0.6 is 11.6 Å². The van der Waals surface area contributed by atoms with Gasteiger partial charge in [0.1, 0.15) is 6.33 Å². The molecule has 0 aliphatic carbocycles. The Balaban J connectivity index is 1.83. The molecule has 8 heteroatoms. The summed E-state index contributed by atoms with van der Waals surface area (Å²) in [6.07, 6.45) is 3.08. The fourth-order valence-corrected chi connectivity index (χ4v) is 2.09. The van der Waals surface area contributed by atoms with E-state index < -0.39 is 0 Å². The maximum absolute atomic E-state index is 12.4. The molecule has 0 radical (unpaired) electrons. The van der Waals surface area contributed by atoms with Crippen molar-refractivity contribution in [3.05, 3.63) is 65.2 Å². The lowest BCUT2D eigenvalue weighted by atomic mass is 10.1. The van der Waals surface area contributed by atoms with E-state index in [1.807, 2.05) is 18.2 Å². The van der Waals surface area contributed by atoms with E-state index in [0.29, 0.717) is 22.8 Å². The van der Waals surface area contributed by atoms with Gasteiger partial charge in [-0.05, 0) is 40.8 Å². The van der Waals surface area contributed by atoms with Gasteiger partial charge in [-0.25, -0.2) is 0 Å². The molecule has 0 saturated carbocycles. The predicted octanol–water partition coefficient (Wildman–Crippen LogP) is 1.64. The van der Waals surface area contributed by atoms with Crippen LogP contribution in [0.2, 0.25) is 5.02 Å². The smallest absolute Gasteiger partial charge is 0.253 e. The minimum atomic E-state index is -0.257. The van der Waals surface area contributed by atoms with Crippen molar-refractivity contribution in [1.82, 2.24) is 30.5 Å². The van der Waals surface area contributed by atoms with Crippen LogP contribution in [0.1, 0.15) is 16.1 Å². The molecule has 110 valence electrons. The largest absolute Gasteiger partial charge is 0.346 e. The molecular formula is C14H11ClN6O. The summed E-state index contributed by atoms with van der Waals surface area (Å²) in [5.74, 6) is -0.257. The highest BCUT2D eigenvalue weighted by atomic mass is 35.5. The number of hydrogen-bond acceptors (Lipinski definition) is 5. The highest BCUT2D eigenvalue weighted by molar-refractivity contribution is 6.31. The average molecular weight is 315 g/mol. The molecule has 0 aliphatic rings. The first-order chi connectivity index (χ1) is 10.7. The van der Waals surface area contributed by atoms with Gasteiger partial charge in [0, 0.05) is 11.2 Å². The first-order valence-electron chi connectivity index (χ1n) is 6.45. The number of nitrogens with one attached hydrogen (secondary N) is 1. The highest BCUT2D eigenvalue weighted by Crippen LogP contribution is 2.19. The topological polar surface area (TPSA) is 85.6 Å². The van der Waals surface area contributed by atoms with Crippen molar-refractivity contribution in [1.29, 1.82) is 0 Å². The molecule has 0 unspecified atom stereocenters. The summed E-state index contributed by atoms with van der Waals surface area (Å²) in [5, 5.41) is 14.2. The summed E-state index contributed by atoms with van der Waals surface area (Å²) >= 11 is 5.99. The number of tetrazole rings is 1. The van der Waals surface area contributed by atoms with E-state index in [0.717, 1.165) is 5.69 Å². The summed E-state index contributed by atoms with van der Waals surface area (Å²) in [6, 6.07) is 10.4. The van der Waals surface area contributed by atoms with Crippen molar-refractivity contribution >= 4 is 17.5 Å². The van der Waals surface area contributed by atoms with Crippen molar-refractivity contribution in [3.8, 4) is 5.69 Å². The number of hydrogen-bond donors (Lipinski definition) is 1. The third kappa shape index (κ3) is 3.09. The van der Waals surface area contributed by atoms with Gasteiger partial charge in [0.15, 0.2) is 0 Å². The molecule has 0 saturated heterocycles. The van der Waals surface area contributed by atoms with E-state index in [-0.39, 0.29) is 5.91 Å². The van der Waals surface area contributed by atoms with E-state index in [1.54, 1.807) is 24.4 Å². The molecule has 22 heavy (non-hydrogen) atoms. The van der Waals surface area contributed by atoms with Gasteiger partial charge < -0.3 is 5.32 Å². The van der Waals surface area contributed by atoms with Crippen LogP contribution in [-0.2, 0) is 6.54 Å². The zero-order valence-electron chi connectivity index (χ0n) is 11.3. The normalized spacial score (nSPS) is 10.4. The van der Waals surface area contributed by atoms with Crippen LogP contribution in [0.4, 0.5) is 0 Å². The molecule has 3 rings (SSSR count). The van der Waals surface area contributed by atoms with E-state index in [1.165, 1.54) is 11.0 Å². The summed E-state index contributed by atoms with van der Waals surface area (Å²) in [7, 11) is 0. The third-order valence-electron chi connectivity index (χ3n) is 2.96. The maximum atomic E-state index is 12.4.